The van der Waals surface area contributed by atoms with E-state index in [0.717, 1.165) is 26.1 Å². The first-order chi connectivity index (χ1) is 8.27. The van der Waals surface area contributed by atoms with Crippen LogP contribution in [0.3, 0.4) is 0 Å². The van der Waals surface area contributed by atoms with Gasteiger partial charge in [0.2, 0.25) is 5.91 Å². The lowest BCUT2D eigenvalue weighted by Crippen LogP contribution is -2.45. The highest BCUT2D eigenvalue weighted by atomic mass is 16.5. The molecule has 1 aliphatic heterocycles. The lowest BCUT2D eigenvalue weighted by atomic mass is 10.0. The number of nitrogens with zero attached hydrogens (tertiary/aromatic N) is 1. The summed E-state index contributed by atoms with van der Waals surface area (Å²) < 4.78 is 4.97. The zero-order chi connectivity index (χ0) is 12.5. The summed E-state index contributed by atoms with van der Waals surface area (Å²) >= 11 is 0. The second-order valence-corrected chi connectivity index (χ2v) is 4.68. The molecule has 4 heteroatoms. The second kappa shape index (κ2) is 8.48. The van der Waals surface area contributed by atoms with Crippen molar-refractivity contribution < 1.29 is 9.53 Å². The van der Waals surface area contributed by atoms with Gasteiger partial charge in [0.05, 0.1) is 0 Å². The fourth-order valence-electron chi connectivity index (χ4n) is 2.28. The summed E-state index contributed by atoms with van der Waals surface area (Å²) in [6.45, 7) is 5.49. The molecule has 0 radical (unpaired) electrons. The average Bonchev–Trinajstić information content (AvgIpc) is 2.37. The van der Waals surface area contributed by atoms with Crippen molar-refractivity contribution >= 4 is 5.91 Å². The lowest BCUT2D eigenvalue weighted by Gasteiger charge is -2.30. The largest absolute Gasteiger partial charge is 0.385 e. The number of carbonyl (C=O) groups excluding carboxylic acids is 1. The monoisotopic (exact) mass is 242 g/mol. The summed E-state index contributed by atoms with van der Waals surface area (Å²) in [6, 6.07) is 0.495. The van der Waals surface area contributed by atoms with Gasteiger partial charge in [0, 0.05) is 39.3 Å². The molecule has 1 N–H and O–H groups in total. The third kappa shape index (κ3) is 5.50. The van der Waals surface area contributed by atoms with E-state index in [9.17, 15) is 4.79 Å². The summed E-state index contributed by atoms with van der Waals surface area (Å²) in [5.74, 6) is 0.261. The van der Waals surface area contributed by atoms with Gasteiger partial charge in [0.25, 0.3) is 0 Å². The van der Waals surface area contributed by atoms with Crippen molar-refractivity contribution in [1.82, 2.24) is 10.2 Å². The van der Waals surface area contributed by atoms with Crippen LogP contribution < -0.4 is 5.32 Å². The number of likely N-dealkylation sites (N-methyl/N-ethyl adjacent to an activating group) is 1. The predicted molar refractivity (Wildman–Crippen MR) is 69.0 cm³/mol. The second-order valence-electron chi connectivity index (χ2n) is 4.68. The number of hydrogen-bond donors (Lipinski definition) is 1. The molecule has 1 fully saturated rings. The van der Waals surface area contributed by atoms with Crippen LogP contribution in [0.1, 0.15) is 39.0 Å². The van der Waals surface area contributed by atoms with Crippen molar-refractivity contribution in [2.45, 2.75) is 45.1 Å². The summed E-state index contributed by atoms with van der Waals surface area (Å²) in [6.07, 6.45) is 5.18. The van der Waals surface area contributed by atoms with Gasteiger partial charge >= 0.3 is 0 Å². The van der Waals surface area contributed by atoms with Crippen molar-refractivity contribution in [1.29, 1.82) is 0 Å². The van der Waals surface area contributed by atoms with Crippen LogP contribution >= 0.6 is 0 Å². The summed E-state index contributed by atoms with van der Waals surface area (Å²) in [5.41, 5.74) is 0. The zero-order valence-corrected chi connectivity index (χ0v) is 11.2. The molecule has 0 bridgehead atoms. The molecule has 1 rings (SSSR count). The number of ether oxygens (including phenoxy) is 1. The van der Waals surface area contributed by atoms with E-state index >= 15 is 0 Å². The highest BCUT2D eigenvalue weighted by molar-refractivity contribution is 5.76. The number of hydrogen-bond acceptors (Lipinski definition) is 3. The Morgan fingerprint density at radius 3 is 2.88 bits per heavy atom. The van der Waals surface area contributed by atoms with Gasteiger partial charge in [-0.15, -0.1) is 0 Å². The van der Waals surface area contributed by atoms with Crippen LogP contribution in [-0.2, 0) is 9.53 Å². The van der Waals surface area contributed by atoms with Crippen molar-refractivity contribution in [3.63, 3.8) is 0 Å². The van der Waals surface area contributed by atoms with Crippen LogP contribution in [0.4, 0.5) is 0 Å². The Hall–Kier alpha value is -0.610. The molecule has 0 saturated carbocycles. The minimum Gasteiger partial charge on any atom is -0.385 e. The third-order valence-electron chi connectivity index (χ3n) is 3.33. The van der Waals surface area contributed by atoms with Gasteiger partial charge in [-0.3, -0.25) is 4.79 Å². The minimum absolute atomic E-state index is 0.261. The van der Waals surface area contributed by atoms with Gasteiger partial charge in [-0.05, 0) is 32.7 Å². The first-order valence-corrected chi connectivity index (χ1v) is 6.78. The Morgan fingerprint density at radius 2 is 2.29 bits per heavy atom. The van der Waals surface area contributed by atoms with Gasteiger partial charge in [-0.25, -0.2) is 0 Å². The van der Waals surface area contributed by atoms with Gasteiger partial charge in [0.15, 0.2) is 0 Å². The quantitative estimate of drug-likeness (QED) is 0.686. The molecule has 1 heterocycles. The van der Waals surface area contributed by atoms with Gasteiger partial charge < -0.3 is 15.0 Å². The first-order valence-electron chi connectivity index (χ1n) is 6.78. The maximum atomic E-state index is 12.0. The molecule has 1 saturated heterocycles. The van der Waals surface area contributed by atoms with E-state index in [1.807, 2.05) is 4.90 Å². The van der Waals surface area contributed by atoms with Crippen molar-refractivity contribution in [3.05, 3.63) is 0 Å². The molecule has 0 spiro atoms. The summed E-state index contributed by atoms with van der Waals surface area (Å²) in [7, 11) is 1.67. The number of rotatable bonds is 7. The summed E-state index contributed by atoms with van der Waals surface area (Å²) in [5, 5.41) is 3.49. The normalized spacial score (nSPS) is 20.2. The zero-order valence-electron chi connectivity index (χ0n) is 11.2. The first kappa shape index (κ1) is 14.5. The third-order valence-corrected chi connectivity index (χ3v) is 3.33. The highest BCUT2D eigenvalue weighted by Gasteiger charge is 2.18. The van der Waals surface area contributed by atoms with E-state index in [-0.39, 0.29) is 5.91 Å². The van der Waals surface area contributed by atoms with E-state index in [1.165, 1.54) is 19.3 Å². The van der Waals surface area contributed by atoms with Crippen LogP contribution in [-0.4, -0.2) is 50.2 Å². The van der Waals surface area contributed by atoms with E-state index < -0.39 is 0 Å². The molecule has 1 atom stereocenters. The molecular formula is C13H26N2O2. The van der Waals surface area contributed by atoms with Crippen molar-refractivity contribution in [3.8, 4) is 0 Å². The number of nitrogens with one attached hydrogen (secondary N) is 1. The van der Waals surface area contributed by atoms with Crippen LogP contribution in [0.25, 0.3) is 0 Å². The Bertz CT molecular complexity index is 215. The Kier molecular flexibility index (Phi) is 7.21. The van der Waals surface area contributed by atoms with Crippen LogP contribution in [0.2, 0.25) is 0 Å². The topological polar surface area (TPSA) is 41.6 Å². The van der Waals surface area contributed by atoms with Gasteiger partial charge in [-0.2, -0.15) is 0 Å². The Labute approximate surface area is 105 Å². The average molecular weight is 242 g/mol. The molecule has 1 unspecified atom stereocenters. The molecular weight excluding hydrogens is 216 g/mol. The van der Waals surface area contributed by atoms with E-state index in [2.05, 4.69) is 12.2 Å². The number of piperidine rings is 1. The van der Waals surface area contributed by atoms with Crippen LogP contribution in [0.5, 0.6) is 0 Å². The smallest absolute Gasteiger partial charge is 0.222 e. The molecule has 1 aliphatic rings. The van der Waals surface area contributed by atoms with Crippen LogP contribution in [0.15, 0.2) is 0 Å². The van der Waals surface area contributed by atoms with Gasteiger partial charge in [0.1, 0.15) is 0 Å². The van der Waals surface area contributed by atoms with Gasteiger partial charge in [-0.1, -0.05) is 6.42 Å². The number of amides is 1. The lowest BCUT2D eigenvalue weighted by molar-refractivity contribution is -0.131. The van der Waals surface area contributed by atoms with E-state index in [4.69, 9.17) is 4.74 Å². The van der Waals surface area contributed by atoms with Crippen LogP contribution in [0, 0.1) is 0 Å². The molecule has 1 amide bonds. The number of carbonyl (C=O) groups is 1. The molecule has 17 heavy (non-hydrogen) atoms. The maximum Gasteiger partial charge on any atom is 0.222 e. The van der Waals surface area contributed by atoms with Crippen molar-refractivity contribution in [2.75, 3.05) is 33.4 Å². The fraction of sp³-hybridized carbons (Fsp3) is 0.923. The number of methoxy groups -OCH3 is 1. The summed E-state index contributed by atoms with van der Waals surface area (Å²) in [4.78, 5) is 13.9. The Morgan fingerprint density at radius 1 is 1.47 bits per heavy atom. The molecule has 0 aromatic heterocycles. The molecule has 100 valence electrons. The molecule has 4 nitrogen and oxygen atoms in total. The highest BCUT2D eigenvalue weighted by Crippen LogP contribution is 2.09. The van der Waals surface area contributed by atoms with E-state index in [0.29, 0.717) is 19.1 Å². The molecule has 0 aliphatic carbocycles. The standard InChI is InChI=1S/C13H26N2O2/c1-3-15(13(16)8-6-10-17-2)11-12-7-4-5-9-14-12/h12,14H,3-11H2,1-2H3. The van der Waals surface area contributed by atoms with Crippen molar-refractivity contribution in [2.24, 2.45) is 0 Å². The maximum absolute atomic E-state index is 12.0. The Balaban J connectivity index is 2.27. The predicted octanol–water partition coefficient (Wildman–Crippen LogP) is 1.40. The fourth-order valence-corrected chi connectivity index (χ4v) is 2.28. The van der Waals surface area contributed by atoms with E-state index in [1.54, 1.807) is 7.11 Å². The molecule has 0 aromatic carbocycles. The minimum atomic E-state index is 0.261. The SMILES string of the molecule is CCN(CC1CCCCN1)C(=O)CCCOC. The molecule has 0 aromatic rings.